The predicted octanol–water partition coefficient (Wildman–Crippen LogP) is 1.56. The Morgan fingerprint density at radius 1 is 1.26 bits per heavy atom. The predicted molar refractivity (Wildman–Crippen MR) is 114 cm³/mol. The highest BCUT2D eigenvalue weighted by Crippen LogP contribution is 2.41. The van der Waals surface area contributed by atoms with Crippen molar-refractivity contribution in [3.05, 3.63) is 83.8 Å². The van der Waals surface area contributed by atoms with Gasteiger partial charge in [0, 0.05) is 17.8 Å². The Morgan fingerprint density at radius 2 is 2.00 bits per heavy atom. The normalized spacial score (nSPS) is 19.1. The van der Waals surface area contributed by atoms with E-state index in [1.54, 1.807) is 38.1 Å². The highest BCUT2D eigenvalue weighted by atomic mass is 17.0. The molecule has 180 valence electrons. The number of fused-ring (bicyclic) bond motifs is 1. The standard InChI is InChI=1S/C21H22N4O9/c1-21(2)20(27)19(16-9-14(11-22)4-6-17(16)33-21)23-8-7-13(10-18(23)26)3-5-15(34-25(30)31)12-32-24(28)29/h4,6-10,15,19-20,27H,3,5,12H2,1-2H3/t15?,19-,20+/m1/s1. The van der Waals surface area contributed by atoms with E-state index in [-0.39, 0.29) is 12.8 Å². The SMILES string of the molecule is CC1(C)Oc2ccc(C#N)cc2[C@@H](n2ccc(CCC(CO[N+](=O)[O-])O[N+](=O)[O-])cc2=O)[C@@H]1O. The van der Waals surface area contributed by atoms with Gasteiger partial charge in [-0.15, -0.1) is 20.2 Å². The fraction of sp³-hybridized carbons (Fsp3) is 0.429. The van der Waals surface area contributed by atoms with Crippen LogP contribution in [-0.2, 0) is 16.1 Å². The molecular formula is C21H22N4O9. The minimum atomic E-state index is -1.20. The van der Waals surface area contributed by atoms with E-state index in [4.69, 9.17) is 4.74 Å². The van der Waals surface area contributed by atoms with Gasteiger partial charge in [0.1, 0.15) is 30.2 Å². The van der Waals surface area contributed by atoms with Crippen LogP contribution in [0.5, 0.6) is 5.75 Å². The van der Waals surface area contributed by atoms with Crippen LogP contribution in [0.2, 0.25) is 0 Å². The minimum absolute atomic E-state index is 0.0143. The number of ether oxygens (including phenoxy) is 1. The highest BCUT2D eigenvalue weighted by Gasteiger charge is 2.44. The number of aromatic nitrogens is 1. The average Bonchev–Trinajstić information content (AvgIpc) is 2.76. The molecule has 0 bridgehead atoms. The first-order valence-electron chi connectivity index (χ1n) is 10.2. The van der Waals surface area contributed by atoms with Gasteiger partial charge in [-0.05, 0) is 56.5 Å². The maximum absolute atomic E-state index is 13.0. The van der Waals surface area contributed by atoms with Gasteiger partial charge in [-0.25, -0.2) is 0 Å². The number of benzene rings is 1. The summed E-state index contributed by atoms with van der Waals surface area (Å²) in [5.41, 5.74) is -0.143. The second-order valence-corrected chi connectivity index (χ2v) is 8.25. The van der Waals surface area contributed by atoms with Gasteiger partial charge in [-0.3, -0.25) is 4.79 Å². The average molecular weight is 474 g/mol. The van der Waals surface area contributed by atoms with E-state index >= 15 is 0 Å². The number of rotatable bonds is 9. The number of nitriles is 1. The Bertz CT molecular complexity index is 1190. The lowest BCUT2D eigenvalue weighted by atomic mass is 9.85. The largest absolute Gasteiger partial charge is 0.485 e. The van der Waals surface area contributed by atoms with Crippen molar-refractivity contribution in [1.82, 2.24) is 4.57 Å². The van der Waals surface area contributed by atoms with Crippen LogP contribution < -0.4 is 10.3 Å². The third-order valence-corrected chi connectivity index (χ3v) is 5.51. The van der Waals surface area contributed by atoms with Crippen LogP contribution in [0, 0.1) is 31.6 Å². The maximum atomic E-state index is 13.0. The van der Waals surface area contributed by atoms with E-state index in [1.807, 2.05) is 6.07 Å². The zero-order chi connectivity index (χ0) is 25.0. The van der Waals surface area contributed by atoms with Crippen LogP contribution in [0.15, 0.2) is 41.3 Å². The number of hydrogen-bond donors (Lipinski definition) is 1. The monoisotopic (exact) mass is 474 g/mol. The van der Waals surface area contributed by atoms with Crippen LogP contribution in [0.25, 0.3) is 0 Å². The van der Waals surface area contributed by atoms with Gasteiger partial charge in [0.05, 0.1) is 17.7 Å². The zero-order valence-electron chi connectivity index (χ0n) is 18.3. The summed E-state index contributed by atoms with van der Waals surface area (Å²) in [6, 6.07) is 8.88. The van der Waals surface area contributed by atoms with Crippen LogP contribution >= 0.6 is 0 Å². The second-order valence-electron chi connectivity index (χ2n) is 8.25. The van der Waals surface area contributed by atoms with Gasteiger partial charge in [0.2, 0.25) is 0 Å². The van der Waals surface area contributed by atoms with Crippen LogP contribution in [0.1, 0.15) is 43.0 Å². The van der Waals surface area contributed by atoms with Crippen molar-refractivity contribution in [3.63, 3.8) is 0 Å². The molecule has 1 aliphatic heterocycles. The van der Waals surface area contributed by atoms with E-state index in [1.165, 1.54) is 16.8 Å². The molecule has 0 amide bonds. The molecule has 2 aromatic rings. The summed E-state index contributed by atoms with van der Waals surface area (Å²) in [6.45, 7) is 2.74. The van der Waals surface area contributed by atoms with Crippen molar-refractivity contribution in [1.29, 1.82) is 5.26 Å². The fourth-order valence-corrected chi connectivity index (χ4v) is 3.81. The number of hydrogen-bond acceptors (Lipinski definition) is 10. The van der Waals surface area contributed by atoms with Gasteiger partial charge in [-0.1, -0.05) is 0 Å². The Balaban J connectivity index is 1.87. The first kappa shape index (κ1) is 24.5. The van der Waals surface area contributed by atoms with Crippen LogP contribution in [0.4, 0.5) is 0 Å². The molecule has 1 aliphatic rings. The first-order chi connectivity index (χ1) is 16.0. The van der Waals surface area contributed by atoms with Crippen molar-refractivity contribution in [3.8, 4) is 11.8 Å². The topological polar surface area (TPSA) is 180 Å². The Hall–Kier alpha value is -4.18. The molecule has 13 heteroatoms. The molecule has 13 nitrogen and oxygen atoms in total. The van der Waals surface area contributed by atoms with E-state index in [9.17, 15) is 35.4 Å². The number of pyridine rings is 1. The first-order valence-corrected chi connectivity index (χ1v) is 10.2. The van der Waals surface area contributed by atoms with Crippen molar-refractivity contribution < 1.29 is 29.7 Å². The number of aliphatic hydroxyl groups excluding tert-OH is 1. The van der Waals surface area contributed by atoms with E-state index in [2.05, 4.69) is 9.68 Å². The van der Waals surface area contributed by atoms with Gasteiger partial charge in [0.15, 0.2) is 0 Å². The minimum Gasteiger partial charge on any atom is -0.485 e. The lowest BCUT2D eigenvalue weighted by molar-refractivity contribution is -0.790. The number of aryl methyl sites for hydroxylation is 1. The Morgan fingerprint density at radius 3 is 2.62 bits per heavy atom. The summed E-state index contributed by atoms with van der Waals surface area (Å²) in [5, 5.41) is 39.1. The van der Waals surface area contributed by atoms with Gasteiger partial charge in [-0.2, -0.15) is 5.26 Å². The van der Waals surface area contributed by atoms with Crippen molar-refractivity contribution in [2.24, 2.45) is 0 Å². The van der Waals surface area contributed by atoms with Crippen molar-refractivity contribution in [2.75, 3.05) is 6.61 Å². The summed E-state index contributed by atoms with van der Waals surface area (Å²) in [7, 11) is 0. The quantitative estimate of drug-likeness (QED) is 0.414. The molecule has 0 saturated heterocycles. The second kappa shape index (κ2) is 9.75. The molecule has 0 saturated carbocycles. The molecule has 0 spiro atoms. The molecule has 1 aromatic carbocycles. The third kappa shape index (κ3) is 5.41. The Kier molecular flexibility index (Phi) is 7.02. The molecule has 1 aromatic heterocycles. The zero-order valence-corrected chi connectivity index (χ0v) is 18.3. The summed E-state index contributed by atoms with van der Waals surface area (Å²) in [5.74, 6) is 0.445. The highest BCUT2D eigenvalue weighted by molar-refractivity contribution is 5.46. The van der Waals surface area contributed by atoms with E-state index in [0.29, 0.717) is 22.4 Å². The van der Waals surface area contributed by atoms with Gasteiger partial charge in [0.25, 0.3) is 15.7 Å². The molecule has 0 fully saturated rings. The fourth-order valence-electron chi connectivity index (χ4n) is 3.81. The summed E-state index contributed by atoms with van der Waals surface area (Å²) >= 11 is 0. The molecule has 1 unspecified atom stereocenters. The lowest BCUT2D eigenvalue weighted by Crippen LogP contribution is -2.52. The number of aliphatic hydroxyl groups is 1. The molecule has 1 N–H and O–H groups in total. The van der Waals surface area contributed by atoms with Crippen molar-refractivity contribution >= 4 is 0 Å². The maximum Gasteiger partial charge on any atom is 0.294 e. The lowest BCUT2D eigenvalue weighted by Gasteiger charge is -2.42. The molecular weight excluding hydrogens is 452 g/mol. The molecule has 34 heavy (non-hydrogen) atoms. The van der Waals surface area contributed by atoms with Crippen LogP contribution in [0.3, 0.4) is 0 Å². The van der Waals surface area contributed by atoms with E-state index < -0.39 is 46.2 Å². The summed E-state index contributed by atoms with van der Waals surface area (Å²) in [4.78, 5) is 42.5. The molecule has 3 atom stereocenters. The summed E-state index contributed by atoms with van der Waals surface area (Å²) in [6.07, 6.45) is -0.703. The van der Waals surface area contributed by atoms with E-state index in [0.717, 1.165) is 0 Å². The number of nitrogens with zero attached hydrogens (tertiary/aromatic N) is 4. The van der Waals surface area contributed by atoms with Crippen LogP contribution in [-0.4, -0.2) is 44.3 Å². The molecule has 0 aliphatic carbocycles. The van der Waals surface area contributed by atoms with Crippen molar-refractivity contribution in [2.45, 2.75) is 50.5 Å². The van der Waals surface area contributed by atoms with Gasteiger partial charge >= 0.3 is 0 Å². The molecule has 0 radical (unpaired) electrons. The third-order valence-electron chi connectivity index (χ3n) is 5.51. The smallest absolute Gasteiger partial charge is 0.294 e. The molecule has 3 rings (SSSR count). The van der Waals surface area contributed by atoms with Gasteiger partial charge < -0.3 is 24.1 Å². The Labute approximate surface area is 192 Å². The summed E-state index contributed by atoms with van der Waals surface area (Å²) < 4.78 is 7.21. The molecule has 2 heterocycles.